The molecule has 3 rings (SSSR count). The number of nitrogens with one attached hydrogen (secondary N) is 1. The molecule has 0 aliphatic carbocycles. The van der Waals surface area contributed by atoms with Crippen molar-refractivity contribution < 1.29 is 27.5 Å². The Balaban J connectivity index is 1.65. The van der Waals surface area contributed by atoms with Crippen molar-refractivity contribution in [1.82, 2.24) is 4.31 Å². The molecule has 10 heteroatoms. The molecule has 2 aromatic carbocycles. The van der Waals surface area contributed by atoms with E-state index in [2.05, 4.69) is 5.32 Å². The highest BCUT2D eigenvalue weighted by Gasteiger charge is 2.41. The number of esters is 1. The minimum absolute atomic E-state index is 0.105. The van der Waals surface area contributed by atoms with E-state index in [0.29, 0.717) is 24.1 Å². The maximum absolute atomic E-state index is 13.0. The molecule has 170 valence electrons. The summed E-state index contributed by atoms with van der Waals surface area (Å²) >= 11 is 0. The lowest BCUT2D eigenvalue weighted by molar-refractivity contribution is -0.156. The van der Waals surface area contributed by atoms with E-state index in [4.69, 9.17) is 10.5 Å². The Kier molecular flexibility index (Phi) is 6.95. The first-order chi connectivity index (χ1) is 15.1. The standard InChI is InChI=1S/C22H25N3O6S/c1-14-5-11-18(12-6-14)32(29,30)25-13-3-4-19(25)22(28)31-15(2)21(27)24-17-9-7-16(8-10-17)20(23)26/h5-12,15,19H,3-4,13H2,1-2H3,(H2,23,26)(H,24,27)/t15-,19-/m0/s1. The molecule has 0 saturated carbocycles. The fourth-order valence-corrected chi connectivity index (χ4v) is 5.02. The van der Waals surface area contributed by atoms with Crippen LogP contribution in [0.3, 0.4) is 0 Å². The maximum Gasteiger partial charge on any atom is 0.325 e. The Hall–Kier alpha value is -3.24. The number of primary amides is 1. The number of sulfonamides is 1. The van der Waals surface area contributed by atoms with E-state index in [1.54, 1.807) is 12.1 Å². The molecule has 1 aliphatic rings. The Bertz CT molecular complexity index is 1110. The van der Waals surface area contributed by atoms with Crippen LogP contribution in [0.5, 0.6) is 0 Å². The van der Waals surface area contributed by atoms with Crippen LogP contribution in [-0.4, -0.2) is 49.2 Å². The van der Waals surface area contributed by atoms with Gasteiger partial charge in [-0.25, -0.2) is 8.42 Å². The van der Waals surface area contributed by atoms with E-state index < -0.39 is 40.0 Å². The number of ether oxygens (including phenoxy) is 1. The van der Waals surface area contributed by atoms with Crippen LogP contribution in [0.2, 0.25) is 0 Å². The van der Waals surface area contributed by atoms with E-state index in [-0.39, 0.29) is 11.4 Å². The predicted molar refractivity (Wildman–Crippen MR) is 117 cm³/mol. The molecule has 9 nitrogen and oxygen atoms in total. The maximum atomic E-state index is 13.0. The number of rotatable bonds is 7. The summed E-state index contributed by atoms with van der Waals surface area (Å²) < 4.78 is 32.4. The molecule has 0 unspecified atom stereocenters. The van der Waals surface area contributed by atoms with Gasteiger partial charge in [-0.3, -0.25) is 14.4 Å². The second kappa shape index (κ2) is 9.49. The van der Waals surface area contributed by atoms with Crippen molar-refractivity contribution in [2.75, 3.05) is 11.9 Å². The molecular formula is C22H25N3O6S. The second-order valence-corrected chi connectivity index (χ2v) is 9.49. The van der Waals surface area contributed by atoms with Gasteiger partial charge in [-0.2, -0.15) is 4.31 Å². The highest BCUT2D eigenvalue weighted by molar-refractivity contribution is 7.89. The number of amides is 2. The quantitative estimate of drug-likeness (QED) is 0.606. The summed E-state index contributed by atoms with van der Waals surface area (Å²) in [6.45, 7) is 3.45. The van der Waals surface area contributed by atoms with Crippen molar-refractivity contribution in [2.45, 2.75) is 43.7 Å². The monoisotopic (exact) mass is 459 g/mol. The molecule has 1 saturated heterocycles. The number of aryl methyl sites for hydroxylation is 1. The first-order valence-corrected chi connectivity index (χ1v) is 11.5. The van der Waals surface area contributed by atoms with Crippen LogP contribution in [0.1, 0.15) is 35.7 Å². The van der Waals surface area contributed by atoms with Gasteiger partial charge in [-0.05, 0) is 63.1 Å². The summed E-state index contributed by atoms with van der Waals surface area (Å²) in [6.07, 6.45) is -0.326. The zero-order valence-electron chi connectivity index (χ0n) is 17.8. The molecule has 2 atom stereocenters. The minimum Gasteiger partial charge on any atom is -0.451 e. The smallest absolute Gasteiger partial charge is 0.325 e. The van der Waals surface area contributed by atoms with Crippen molar-refractivity contribution >= 4 is 33.5 Å². The van der Waals surface area contributed by atoms with E-state index in [1.165, 1.54) is 43.3 Å². The van der Waals surface area contributed by atoms with Gasteiger partial charge in [0.25, 0.3) is 5.91 Å². The van der Waals surface area contributed by atoms with Crippen LogP contribution in [0.15, 0.2) is 53.4 Å². The molecule has 1 heterocycles. The van der Waals surface area contributed by atoms with Gasteiger partial charge in [-0.1, -0.05) is 17.7 Å². The Morgan fingerprint density at radius 2 is 1.72 bits per heavy atom. The summed E-state index contributed by atoms with van der Waals surface area (Å²) in [5.41, 5.74) is 6.79. The number of anilines is 1. The highest BCUT2D eigenvalue weighted by atomic mass is 32.2. The number of carbonyl (C=O) groups excluding carboxylic acids is 3. The molecule has 0 radical (unpaired) electrons. The van der Waals surface area contributed by atoms with E-state index in [9.17, 15) is 22.8 Å². The number of nitrogens with zero attached hydrogens (tertiary/aromatic N) is 1. The summed E-state index contributed by atoms with van der Waals surface area (Å²) in [4.78, 5) is 36.3. The third-order valence-corrected chi connectivity index (χ3v) is 7.12. The molecule has 32 heavy (non-hydrogen) atoms. The van der Waals surface area contributed by atoms with Crippen LogP contribution >= 0.6 is 0 Å². The van der Waals surface area contributed by atoms with Crippen molar-refractivity contribution in [2.24, 2.45) is 5.73 Å². The van der Waals surface area contributed by atoms with Gasteiger partial charge in [0.15, 0.2) is 6.10 Å². The van der Waals surface area contributed by atoms with Crippen molar-refractivity contribution in [1.29, 1.82) is 0 Å². The van der Waals surface area contributed by atoms with Gasteiger partial charge in [0, 0.05) is 17.8 Å². The minimum atomic E-state index is -3.87. The predicted octanol–water partition coefficient (Wildman–Crippen LogP) is 1.82. The van der Waals surface area contributed by atoms with Crippen LogP contribution < -0.4 is 11.1 Å². The van der Waals surface area contributed by atoms with Gasteiger partial charge >= 0.3 is 5.97 Å². The zero-order valence-corrected chi connectivity index (χ0v) is 18.6. The average molecular weight is 460 g/mol. The Morgan fingerprint density at radius 1 is 1.09 bits per heavy atom. The number of nitrogens with two attached hydrogens (primary N) is 1. The molecule has 1 aliphatic heterocycles. The fraction of sp³-hybridized carbons (Fsp3) is 0.318. The lowest BCUT2D eigenvalue weighted by Crippen LogP contribution is -2.43. The molecule has 0 spiro atoms. The summed E-state index contributed by atoms with van der Waals surface area (Å²) in [7, 11) is -3.87. The molecule has 2 amide bonds. The SMILES string of the molecule is Cc1ccc(S(=O)(=O)N2CCC[C@H]2C(=O)O[C@@H](C)C(=O)Nc2ccc(C(N)=O)cc2)cc1. The summed E-state index contributed by atoms with van der Waals surface area (Å²) in [6, 6.07) is 11.3. The fourth-order valence-electron chi connectivity index (χ4n) is 3.38. The van der Waals surface area contributed by atoms with E-state index in [1.807, 2.05) is 6.92 Å². The van der Waals surface area contributed by atoms with Gasteiger partial charge in [0.1, 0.15) is 6.04 Å². The number of hydrogen-bond donors (Lipinski definition) is 2. The molecular weight excluding hydrogens is 434 g/mol. The average Bonchev–Trinajstić information content (AvgIpc) is 3.25. The van der Waals surface area contributed by atoms with Crippen LogP contribution in [0.25, 0.3) is 0 Å². The van der Waals surface area contributed by atoms with Crippen molar-refractivity contribution in [3.63, 3.8) is 0 Å². The normalized spacial score (nSPS) is 17.5. The molecule has 2 aromatic rings. The van der Waals surface area contributed by atoms with Crippen molar-refractivity contribution in [3.8, 4) is 0 Å². The Labute approximate surface area is 186 Å². The van der Waals surface area contributed by atoms with Gasteiger partial charge < -0.3 is 15.8 Å². The first kappa shape index (κ1) is 23.4. The number of hydrogen-bond acceptors (Lipinski definition) is 6. The summed E-state index contributed by atoms with van der Waals surface area (Å²) in [5.74, 6) is -1.95. The number of carbonyl (C=O) groups is 3. The van der Waals surface area contributed by atoms with E-state index in [0.717, 1.165) is 9.87 Å². The topological polar surface area (TPSA) is 136 Å². The first-order valence-electron chi connectivity index (χ1n) is 10.1. The molecule has 1 fully saturated rings. The van der Waals surface area contributed by atoms with Crippen LogP contribution in [-0.2, 0) is 24.3 Å². The highest BCUT2D eigenvalue weighted by Crippen LogP contribution is 2.27. The molecule has 0 aromatic heterocycles. The Morgan fingerprint density at radius 3 is 2.31 bits per heavy atom. The zero-order chi connectivity index (χ0) is 23.5. The summed E-state index contributed by atoms with van der Waals surface area (Å²) in [5, 5.41) is 2.58. The third kappa shape index (κ3) is 5.14. The van der Waals surface area contributed by atoms with Gasteiger partial charge in [-0.15, -0.1) is 0 Å². The van der Waals surface area contributed by atoms with Crippen LogP contribution in [0.4, 0.5) is 5.69 Å². The second-order valence-electron chi connectivity index (χ2n) is 7.60. The van der Waals surface area contributed by atoms with E-state index >= 15 is 0 Å². The lowest BCUT2D eigenvalue weighted by atomic mass is 10.2. The van der Waals surface area contributed by atoms with Crippen molar-refractivity contribution in [3.05, 3.63) is 59.7 Å². The largest absolute Gasteiger partial charge is 0.451 e. The van der Waals surface area contributed by atoms with Crippen LogP contribution in [0, 0.1) is 6.92 Å². The number of benzene rings is 2. The van der Waals surface area contributed by atoms with Gasteiger partial charge in [0.05, 0.1) is 4.90 Å². The third-order valence-electron chi connectivity index (χ3n) is 5.20. The molecule has 0 bridgehead atoms. The lowest BCUT2D eigenvalue weighted by Gasteiger charge is -2.24. The van der Waals surface area contributed by atoms with Gasteiger partial charge in [0.2, 0.25) is 15.9 Å². The molecule has 3 N–H and O–H groups in total.